The third-order valence-electron chi connectivity index (χ3n) is 3.81. The Morgan fingerprint density at radius 3 is 2.29 bits per heavy atom. The summed E-state index contributed by atoms with van der Waals surface area (Å²) in [6.45, 7) is 15.9. The van der Waals surface area contributed by atoms with Crippen LogP contribution < -0.4 is 0 Å². The molecule has 1 heterocycles. The van der Waals surface area contributed by atoms with E-state index in [4.69, 9.17) is 0 Å². The zero-order chi connectivity index (χ0) is 18.1. The van der Waals surface area contributed by atoms with Gasteiger partial charge >= 0.3 is 0 Å². The summed E-state index contributed by atoms with van der Waals surface area (Å²) in [6.07, 6.45) is 5.73. The molecule has 0 bridgehead atoms. The van der Waals surface area contributed by atoms with Gasteiger partial charge in [0.2, 0.25) is 0 Å². The van der Waals surface area contributed by atoms with Gasteiger partial charge in [-0.15, -0.1) is 5.10 Å². The summed E-state index contributed by atoms with van der Waals surface area (Å²) < 4.78 is 1.82. The third-order valence-corrected chi connectivity index (χ3v) is 3.81. The molecule has 128 valence electrons. The number of aromatic nitrogens is 3. The standard InChI is InChI=1S/C17H17N3.2C2H6/c1-4-12-10-11-13-8-6-7-9-15(13)16-17(14(12)5-2)20(3)19-18-16;2*1-2/h4-9H,1-2,10-11H2,3H3;2*1-2H3/b14-12-;;. The van der Waals surface area contributed by atoms with Crippen LogP contribution in [0.25, 0.3) is 16.8 Å². The van der Waals surface area contributed by atoms with Crippen molar-refractivity contribution < 1.29 is 0 Å². The maximum Gasteiger partial charge on any atom is 0.121 e. The van der Waals surface area contributed by atoms with Gasteiger partial charge in [-0.25, -0.2) is 4.68 Å². The van der Waals surface area contributed by atoms with Gasteiger partial charge in [0.25, 0.3) is 0 Å². The van der Waals surface area contributed by atoms with Crippen molar-refractivity contribution in [3.05, 3.63) is 66.4 Å². The van der Waals surface area contributed by atoms with E-state index in [1.54, 1.807) is 0 Å². The molecule has 3 nitrogen and oxygen atoms in total. The van der Waals surface area contributed by atoms with E-state index in [0.29, 0.717) is 0 Å². The molecule has 0 saturated carbocycles. The molecule has 0 aliphatic heterocycles. The predicted octanol–water partition coefficient (Wildman–Crippen LogP) is 5.61. The van der Waals surface area contributed by atoms with Gasteiger partial charge in [-0.05, 0) is 24.0 Å². The smallest absolute Gasteiger partial charge is 0.121 e. The van der Waals surface area contributed by atoms with Gasteiger partial charge in [-0.2, -0.15) is 0 Å². The van der Waals surface area contributed by atoms with Crippen molar-refractivity contribution >= 4 is 5.57 Å². The predicted molar refractivity (Wildman–Crippen MR) is 105 cm³/mol. The van der Waals surface area contributed by atoms with Crippen LogP contribution in [0.3, 0.4) is 0 Å². The van der Waals surface area contributed by atoms with Crippen molar-refractivity contribution in [2.75, 3.05) is 0 Å². The van der Waals surface area contributed by atoms with E-state index in [1.165, 1.54) is 11.1 Å². The highest BCUT2D eigenvalue weighted by Crippen LogP contribution is 2.35. The highest BCUT2D eigenvalue weighted by molar-refractivity contribution is 5.85. The maximum absolute atomic E-state index is 4.36. The lowest BCUT2D eigenvalue weighted by Gasteiger charge is -2.17. The molecule has 0 saturated heterocycles. The van der Waals surface area contributed by atoms with Gasteiger partial charge in [0.15, 0.2) is 0 Å². The molecular weight excluding hydrogens is 294 g/mol. The Balaban J connectivity index is 0.000000671. The number of rotatable bonds is 2. The Morgan fingerprint density at radius 1 is 1.00 bits per heavy atom. The van der Waals surface area contributed by atoms with Crippen LogP contribution in [-0.4, -0.2) is 15.0 Å². The SMILES string of the molecule is C=C/C1=C(\C=C)c2c(nnn2C)-c2ccccc2CC1.CC.CC. The Labute approximate surface area is 146 Å². The van der Waals surface area contributed by atoms with Crippen LogP contribution in [0.5, 0.6) is 0 Å². The zero-order valence-electron chi connectivity index (χ0n) is 15.6. The van der Waals surface area contributed by atoms with Crippen molar-refractivity contribution in [3.63, 3.8) is 0 Å². The first-order valence-electron chi connectivity index (χ1n) is 8.72. The van der Waals surface area contributed by atoms with Gasteiger partial charge in [-0.1, -0.05) is 82.5 Å². The van der Waals surface area contributed by atoms with Crippen molar-refractivity contribution in [1.82, 2.24) is 15.0 Å². The van der Waals surface area contributed by atoms with Crippen molar-refractivity contribution in [2.24, 2.45) is 7.05 Å². The summed E-state index contributed by atoms with van der Waals surface area (Å²) in [7, 11) is 1.92. The minimum atomic E-state index is 0.928. The number of nitrogens with zero attached hydrogens (tertiary/aromatic N) is 3. The molecule has 0 fully saturated rings. The Kier molecular flexibility index (Phi) is 7.90. The summed E-state index contributed by atoms with van der Waals surface area (Å²) in [5.74, 6) is 0. The van der Waals surface area contributed by atoms with Crippen molar-refractivity contribution in [2.45, 2.75) is 40.5 Å². The Hall–Kier alpha value is -2.42. The van der Waals surface area contributed by atoms with Crippen LogP contribution in [0.1, 0.15) is 45.4 Å². The molecule has 2 aromatic rings. The number of hydrogen-bond acceptors (Lipinski definition) is 2. The largest absolute Gasteiger partial charge is 0.247 e. The average molecular weight is 323 g/mol. The van der Waals surface area contributed by atoms with Crippen LogP contribution in [0, 0.1) is 0 Å². The summed E-state index contributed by atoms with van der Waals surface area (Å²) >= 11 is 0. The molecule has 0 unspecified atom stereocenters. The fourth-order valence-electron chi connectivity index (χ4n) is 2.81. The normalized spacial score (nSPS) is 15.2. The first-order chi connectivity index (χ1) is 11.8. The second-order valence-electron chi connectivity index (χ2n) is 4.91. The molecule has 0 amide bonds. The Bertz CT molecular complexity index is 720. The first kappa shape index (κ1) is 19.6. The molecule has 0 spiro atoms. The monoisotopic (exact) mass is 323 g/mol. The lowest BCUT2D eigenvalue weighted by Crippen LogP contribution is -2.04. The van der Waals surface area contributed by atoms with Crippen LogP contribution in [-0.2, 0) is 13.5 Å². The number of hydrogen-bond donors (Lipinski definition) is 0. The maximum atomic E-state index is 4.36. The molecule has 0 radical (unpaired) electrons. The van der Waals surface area contributed by atoms with Crippen LogP contribution in [0.2, 0.25) is 0 Å². The van der Waals surface area contributed by atoms with Gasteiger partial charge < -0.3 is 0 Å². The molecule has 1 aromatic carbocycles. The molecular formula is C21H29N3. The van der Waals surface area contributed by atoms with Crippen molar-refractivity contribution in [1.29, 1.82) is 0 Å². The van der Waals surface area contributed by atoms with Gasteiger partial charge in [0.05, 0.1) is 5.69 Å². The highest BCUT2D eigenvalue weighted by Gasteiger charge is 2.21. The first-order valence-corrected chi connectivity index (χ1v) is 8.72. The third kappa shape index (κ3) is 3.73. The van der Waals surface area contributed by atoms with Crippen LogP contribution in [0.15, 0.2) is 55.1 Å². The molecule has 0 atom stereocenters. The summed E-state index contributed by atoms with van der Waals surface area (Å²) in [6, 6.07) is 8.39. The lowest BCUT2D eigenvalue weighted by molar-refractivity contribution is 0.707. The summed E-state index contributed by atoms with van der Waals surface area (Å²) in [5.41, 5.74) is 6.69. The fourth-order valence-corrected chi connectivity index (χ4v) is 2.81. The molecule has 1 aliphatic carbocycles. The quantitative estimate of drug-likeness (QED) is 0.719. The van der Waals surface area contributed by atoms with E-state index in [2.05, 4.69) is 41.7 Å². The van der Waals surface area contributed by atoms with E-state index in [0.717, 1.165) is 35.4 Å². The van der Waals surface area contributed by atoms with E-state index in [9.17, 15) is 0 Å². The molecule has 3 heteroatoms. The lowest BCUT2D eigenvalue weighted by atomic mass is 9.89. The number of fused-ring (bicyclic) bond motifs is 3. The fraction of sp³-hybridized carbons (Fsp3) is 0.333. The van der Waals surface area contributed by atoms with Crippen LogP contribution in [0.4, 0.5) is 0 Å². The van der Waals surface area contributed by atoms with E-state index >= 15 is 0 Å². The number of benzene rings is 1. The van der Waals surface area contributed by atoms with E-state index in [-0.39, 0.29) is 0 Å². The molecule has 24 heavy (non-hydrogen) atoms. The molecule has 3 rings (SSSR count). The second kappa shape index (κ2) is 9.66. The highest BCUT2D eigenvalue weighted by atomic mass is 15.4. The molecule has 1 aliphatic rings. The zero-order valence-corrected chi connectivity index (χ0v) is 15.6. The minimum absolute atomic E-state index is 0.928. The molecule has 1 aromatic heterocycles. The Morgan fingerprint density at radius 2 is 1.67 bits per heavy atom. The minimum Gasteiger partial charge on any atom is -0.247 e. The summed E-state index contributed by atoms with van der Waals surface area (Å²) in [5, 5.41) is 8.56. The molecule has 0 N–H and O–H groups in total. The average Bonchev–Trinajstić information content (AvgIpc) is 3.01. The second-order valence-corrected chi connectivity index (χ2v) is 4.91. The van der Waals surface area contributed by atoms with E-state index < -0.39 is 0 Å². The van der Waals surface area contributed by atoms with E-state index in [1.807, 2.05) is 57.6 Å². The van der Waals surface area contributed by atoms with Gasteiger partial charge in [0, 0.05) is 18.2 Å². The number of allylic oxidation sites excluding steroid dienone is 4. The van der Waals surface area contributed by atoms with Crippen molar-refractivity contribution in [3.8, 4) is 11.3 Å². The van der Waals surface area contributed by atoms with Gasteiger partial charge in [-0.3, -0.25) is 0 Å². The summed E-state index contributed by atoms with van der Waals surface area (Å²) in [4.78, 5) is 0. The topological polar surface area (TPSA) is 30.7 Å². The number of aryl methyl sites for hydroxylation is 2. The van der Waals surface area contributed by atoms with Crippen LogP contribution >= 0.6 is 0 Å². The van der Waals surface area contributed by atoms with Gasteiger partial charge in [0.1, 0.15) is 5.69 Å².